The normalized spacial score (nSPS) is 12.3. The number of halogens is 2. The van der Waals surface area contributed by atoms with Crippen LogP contribution in [0.3, 0.4) is 0 Å². The zero-order valence-electron chi connectivity index (χ0n) is 10.5. The summed E-state index contributed by atoms with van der Waals surface area (Å²) in [6, 6.07) is 2.32. The van der Waals surface area contributed by atoms with E-state index in [-0.39, 0.29) is 11.5 Å². The van der Waals surface area contributed by atoms with Crippen LogP contribution in [-0.4, -0.2) is 30.2 Å². The average Bonchev–Trinajstić information content (AvgIpc) is 2.32. The molecule has 0 aliphatic rings. The number of carbonyl (C=O) groups excluding carboxylic acids is 2. The van der Waals surface area contributed by atoms with E-state index in [1.54, 1.807) is 13.8 Å². The fourth-order valence-corrected chi connectivity index (χ4v) is 1.66. The largest absolute Gasteiger partial charge is 0.332 e. The highest BCUT2D eigenvalue weighted by Gasteiger charge is 2.23. The number of benzene rings is 1. The molecule has 5 heteroatoms. The van der Waals surface area contributed by atoms with Crippen LogP contribution in [0.2, 0.25) is 0 Å². The Bertz CT molecular complexity index is 460. The van der Waals surface area contributed by atoms with E-state index in [1.165, 1.54) is 18.0 Å². The van der Waals surface area contributed by atoms with Crippen LogP contribution >= 0.6 is 0 Å². The lowest BCUT2D eigenvalue weighted by molar-refractivity contribution is -0.112. The molecule has 0 aromatic heterocycles. The minimum atomic E-state index is -1.08. The van der Waals surface area contributed by atoms with Crippen molar-refractivity contribution in [1.82, 2.24) is 4.90 Å². The third kappa shape index (κ3) is 2.91. The molecule has 1 amide bonds. The summed E-state index contributed by atoms with van der Waals surface area (Å²) in [5, 5.41) is 0. The smallest absolute Gasteiger partial charge is 0.254 e. The number of hydrogen-bond acceptors (Lipinski definition) is 2. The number of likely N-dealkylation sites (N-methyl/N-ethyl adjacent to an activating group) is 1. The zero-order chi connectivity index (χ0) is 13.9. The molecule has 0 fully saturated rings. The van der Waals surface area contributed by atoms with Crippen LogP contribution in [0.25, 0.3) is 0 Å². The van der Waals surface area contributed by atoms with E-state index in [0.29, 0.717) is 6.29 Å². The standard InChI is InChI=1S/C13H15F2NO2/c1-8(2)12(7-17)16(3)13(18)9-4-5-10(14)11(15)6-9/h4-8,12H,1-3H3. The van der Waals surface area contributed by atoms with Gasteiger partial charge in [-0.1, -0.05) is 13.8 Å². The molecule has 0 heterocycles. The average molecular weight is 255 g/mol. The number of hydrogen-bond donors (Lipinski definition) is 0. The van der Waals surface area contributed by atoms with Crippen LogP contribution in [-0.2, 0) is 4.79 Å². The van der Waals surface area contributed by atoms with Gasteiger partial charge in [0.05, 0.1) is 6.04 Å². The van der Waals surface area contributed by atoms with Crippen molar-refractivity contribution in [3.63, 3.8) is 0 Å². The second-order valence-electron chi connectivity index (χ2n) is 4.42. The molecule has 0 spiro atoms. The monoisotopic (exact) mass is 255 g/mol. The van der Waals surface area contributed by atoms with E-state index in [4.69, 9.17) is 0 Å². The van der Waals surface area contributed by atoms with Gasteiger partial charge in [0.25, 0.3) is 5.91 Å². The second-order valence-corrected chi connectivity index (χ2v) is 4.42. The Hall–Kier alpha value is -1.78. The summed E-state index contributed by atoms with van der Waals surface area (Å²) in [7, 11) is 1.46. The summed E-state index contributed by atoms with van der Waals surface area (Å²) >= 11 is 0. The van der Waals surface area contributed by atoms with Crippen molar-refractivity contribution < 1.29 is 18.4 Å². The first-order valence-electron chi connectivity index (χ1n) is 5.56. The quantitative estimate of drug-likeness (QED) is 0.774. The highest BCUT2D eigenvalue weighted by Crippen LogP contribution is 2.14. The maximum absolute atomic E-state index is 13.0. The topological polar surface area (TPSA) is 37.4 Å². The molecule has 1 aromatic rings. The molecule has 98 valence electrons. The number of rotatable bonds is 4. The molecular weight excluding hydrogens is 240 g/mol. The van der Waals surface area contributed by atoms with Gasteiger partial charge in [-0.2, -0.15) is 0 Å². The molecule has 1 aromatic carbocycles. The maximum Gasteiger partial charge on any atom is 0.254 e. The summed E-state index contributed by atoms with van der Waals surface area (Å²) < 4.78 is 25.8. The first-order valence-corrected chi connectivity index (χ1v) is 5.56. The van der Waals surface area contributed by atoms with Crippen LogP contribution in [0.1, 0.15) is 24.2 Å². The Balaban J connectivity index is 2.99. The molecular formula is C13H15F2NO2. The summed E-state index contributed by atoms with van der Waals surface area (Å²) in [6.45, 7) is 3.60. The number of carbonyl (C=O) groups is 2. The Morgan fingerprint density at radius 3 is 2.33 bits per heavy atom. The Morgan fingerprint density at radius 1 is 1.28 bits per heavy atom. The third-order valence-corrected chi connectivity index (χ3v) is 2.76. The molecule has 0 aliphatic carbocycles. The summed E-state index contributed by atoms with van der Waals surface area (Å²) in [5.41, 5.74) is 0.0175. The number of nitrogens with zero attached hydrogens (tertiary/aromatic N) is 1. The lowest BCUT2D eigenvalue weighted by Gasteiger charge is -2.26. The fourth-order valence-electron chi connectivity index (χ4n) is 1.66. The van der Waals surface area contributed by atoms with Crippen LogP contribution < -0.4 is 0 Å². The van der Waals surface area contributed by atoms with Crippen LogP contribution in [0.15, 0.2) is 18.2 Å². The molecule has 1 rings (SSSR count). The third-order valence-electron chi connectivity index (χ3n) is 2.76. The van der Waals surface area contributed by atoms with E-state index < -0.39 is 23.6 Å². The van der Waals surface area contributed by atoms with Gasteiger partial charge < -0.3 is 9.69 Å². The van der Waals surface area contributed by atoms with Gasteiger partial charge in [-0.3, -0.25) is 4.79 Å². The van der Waals surface area contributed by atoms with Crippen LogP contribution in [0.5, 0.6) is 0 Å². The molecule has 0 bridgehead atoms. The van der Waals surface area contributed by atoms with Gasteiger partial charge in [0.15, 0.2) is 11.6 Å². The molecule has 1 atom stereocenters. The van der Waals surface area contributed by atoms with Gasteiger partial charge in [0.1, 0.15) is 6.29 Å². The fraction of sp³-hybridized carbons (Fsp3) is 0.385. The Labute approximate surface area is 104 Å². The minimum absolute atomic E-state index is 0.0175. The molecule has 1 unspecified atom stereocenters. The molecule has 0 saturated heterocycles. The maximum atomic E-state index is 13.0. The van der Waals surface area contributed by atoms with Crippen LogP contribution in [0, 0.1) is 17.6 Å². The van der Waals surface area contributed by atoms with E-state index in [0.717, 1.165) is 12.1 Å². The first-order chi connectivity index (χ1) is 8.38. The van der Waals surface area contributed by atoms with Crippen LogP contribution in [0.4, 0.5) is 8.78 Å². The van der Waals surface area contributed by atoms with Crippen molar-refractivity contribution in [2.75, 3.05) is 7.05 Å². The zero-order valence-corrected chi connectivity index (χ0v) is 10.5. The Morgan fingerprint density at radius 2 is 1.89 bits per heavy atom. The van der Waals surface area contributed by atoms with Gasteiger partial charge in [-0.05, 0) is 24.1 Å². The predicted octanol–water partition coefficient (Wildman–Crippen LogP) is 2.26. The van der Waals surface area contributed by atoms with E-state index >= 15 is 0 Å². The number of amides is 1. The number of aldehydes is 1. The summed E-state index contributed by atoms with van der Waals surface area (Å²) in [4.78, 5) is 24.1. The van der Waals surface area contributed by atoms with Gasteiger partial charge in [0.2, 0.25) is 0 Å². The van der Waals surface area contributed by atoms with Gasteiger partial charge >= 0.3 is 0 Å². The van der Waals surface area contributed by atoms with Crippen molar-refractivity contribution in [3.05, 3.63) is 35.4 Å². The Kier molecular flexibility index (Phi) is 4.53. The predicted molar refractivity (Wildman–Crippen MR) is 63.1 cm³/mol. The molecule has 0 saturated carbocycles. The van der Waals surface area contributed by atoms with Gasteiger partial charge in [0, 0.05) is 12.6 Å². The van der Waals surface area contributed by atoms with E-state index in [2.05, 4.69) is 0 Å². The van der Waals surface area contributed by atoms with E-state index in [9.17, 15) is 18.4 Å². The highest BCUT2D eigenvalue weighted by molar-refractivity contribution is 5.95. The van der Waals surface area contributed by atoms with E-state index in [1.807, 2.05) is 0 Å². The van der Waals surface area contributed by atoms with Gasteiger partial charge in [-0.15, -0.1) is 0 Å². The van der Waals surface area contributed by atoms with Crippen molar-refractivity contribution in [2.45, 2.75) is 19.9 Å². The van der Waals surface area contributed by atoms with Gasteiger partial charge in [-0.25, -0.2) is 8.78 Å². The van der Waals surface area contributed by atoms with Crippen molar-refractivity contribution in [1.29, 1.82) is 0 Å². The summed E-state index contributed by atoms with van der Waals surface area (Å²) in [6.07, 6.45) is 0.669. The van der Waals surface area contributed by atoms with Crippen molar-refractivity contribution in [3.8, 4) is 0 Å². The van der Waals surface area contributed by atoms with Crippen molar-refractivity contribution >= 4 is 12.2 Å². The minimum Gasteiger partial charge on any atom is -0.332 e. The molecule has 0 aliphatic heterocycles. The lowest BCUT2D eigenvalue weighted by Crippen LogP contribution is -2.41. The SMILES string of the molecule is CC(C)C(C=O)N(C)C(=O)c1ccc(F)c(F)c1. The molecule has 0 N–H and O–H groups in total. The molecule has 3 nitrogen and oxygen atoms in total. The highest BCUT2D eigenvalue weighted by atomic mass is 19.2. The molecule has 0 radical (unpaired) electrons. The first kappa shape index (κ1) is 14.3. The molecule has 18 heavy (non-hydrogen) atoms. The summed E-state index contributed by atoms with van der Waals surface area (Å²) in [5.74, 6) is -2.66. The second kappa shape index (κ2) is 5.71. The van der Waals surface area contributed by atoms with Crippen molar-refractivity contribution in [2.24, 2.45) is 5.92 Å². The lowest BCUT2D eigenvalue weighted by atomic mass is 10.0.